The predicted octanol–water partition coefficient (Wildman–Crippen LogP) is 3.54. The van der Waals surface area contributed by atoms with Gasteiger partial charge in [0.1, 0.15) is 6.17 Å². The molecule has 0 saturated carbocycles. The number of hydrogen-bond donors (Lipinski definition) is 1. The van der Waals surface area contributed by atoms with E-state index in [2.05, 4.69) is 10.2 Å². The third kappa shape index (κ3) is 5.78. The van der Waals surface area contributed by atoms with Crippen molar-refractivity contribution in [2.24, 2.45) is 0 Å². The number of anilines is 1. The zero-order chi connectivity index (χ0) is 24.3. The van der Waals surface area contributed by atoms with Gasteiger partial charge < -0.3 is 10.2 Å². The van der Waals surface area contributed by atoms with E-state index in [-0.39, 0.29) is 17.1 Å². The number of amides is 1. The maximum atomic E-state index is 14.5. The lowest BCUT2D eigenvalue weighted by Gasteiger charge is -2.35. The molecule has 10 heteroatoms. The standard InChI is InChI=1S/C24H26F5N3OS/c25-18-7-8-19-20(15-18)34-22(26)21(19)32-13-11-31(12-14-32)10-2-1-9-30-23(33)16-3-5-17(6-4-16)24(27,28)29/h3-6,8,15,18H,1-2,7,9-14H2,(H,30,33). The lowest BCUT2D eigenvalue weighted by molar-refractivity contribution is -0.137. The third-order valence-corrected chi connectivity index (χ3v) is 7.08. The third-order valence-electron chi connectivity index (χ3n) is 6.14. The number of piperazine rings is 1. The van der Waals surface area contributed by atoms with Gasteiger partial charge in [0.2, 0.25) is 5.13 Å². The van der Waals surface area contributed by atoms with Crippen molar-refractivity contribution in [3.63, 3.8) is 0 Å². The van der Waals surface area contributed by atoms with E-state index in [0.29, 0.717) is 29.9 Å². The Bertz CT molecular complexity index is 1120. The number of unbranched alkanes of at least 4 members (excludes halogenated alkanes) is 1. The first kappa shape index (κ1) is 24.7. The molecule has 0 radical (unpaired) electrons. The van der Waals surface area contributed by atoms with E-state index < -0.39 is 23.8 Å². The largest absolute Gasteiger partial charge is 0.416 e. The number of hydrogen-bond acceptors (Lipinski definition) is 4. The molecule has 0 bridgehead atoms. The molecule has 4 rings (SSSR count). The summed E-state index contributed by atoms with van der Waals surface area (Å²) in [5, 5.41) is 3.29. The van der Waals surface area contributed by atoms with E-state index in [1.54, 1.807) is 6.08 Å². The summed E-state index contributed by atoms with van der Waals surface area (Å²) in [6, 6.07) is 4.16. The highest BCUT2D eigenvalue weighted by Gasteiger charge is 2.30. The monoisotopic (exact) mass is 499 g/mol. The first-order valence-corrected chi connectivity index (χ1v) is 12.1. The molecule has 2 aliphatic rings. The highest BCUT2D eigenvalue weighted by atomic mass is 32.1. The van der Waals surface area contributed by atoms with Crippen molar-refractivity contribution in [3.8, 4) is 0 Å². The summed E-state index contributed by atoms with van der Waals surface area (Å²) < 4.78 is 66.6. The van der Waals surface area contributed by atoms with Crippen LogP contribution in [-0.2, 0) is 6.18 Å². The Kier molecular flexibility index (Phi) is 7.57. The topological polar surface area (TPSA) is 35.6 Å². The van der Waals surface area contributed by atoms with Crippen molar-refractivity contribution >= 4 is 35.1 Å². The highest BCUT2D eigenvalue weighted by Crippen LogP contribution is 2.29. The van der Waals surface area contributed by atoms with E-state index in [0.717, 1.165) is 61.2 Å². The van der Waals surface area contributed by atoms with E-state index in [1.807, 2.05) is 4.90 Å². The fraction of sp³-hybridized carbons (Fsp3) is 0.458. The highest BCUT2D eigenvalue weighted by molar-refractivity contribution is 7.08. The van der Waals surface area contributed by atoms with Crippen LogP contribution in [0.3, 0.4) is 0 Å². The molecule has 1 N–H and O–H groups in total. The van der Waals surface area contributed by atoms with Gasteiger partial charge in [-0.05, 0) is 49.7 Å². The molecule has 1 aliphatic heterocycles. The van der Waals surface area contributed by atoms with Crippen molar-refractivity contribution in [1.82, 2.24) is 10.2 Å². The zero-order valence-corrected chi connectivity index (χ0v) is 19.3. The molecular weight excluding hydrogens is 473 g/mol. The van der Waals surface area contributed by atoms with E-state index in [4.69, 9.17) is 0 Å². The average Bonchev–Trinajstić information content (AvgIpc) is 3.13. The minimum atomic E-state index is -4.42. The van der Waals surface area contributed by atoms with E-state index >= 15 is 0 Å². The minimum Gasteiger partial charge on any atom is -0.365 e. The zero-order valence-electron chi connectivity index (χ0n) is 18.5. The molecule has 1 aromatic heterocycles. The van der Waals surface area contributed by atoms with Gasteiger partial charge in [-0.3, -0.25) is 9.69 Å². The Morgan fingerprint density at radius 3 is 2.47 bits per heavy atom. The molecule has 1 amide bonds. The van der Waals surface area contributed by atoms with E-state index in [1.165, 1.54) is 18.2 Å². The first-order valence-electron chi connectivity index (χ1n) is 11.3. The number of carbonyl (C=O) groups excluding carboxylic acids is 1. The summed E-state index contributed by atoms with van der Waals surface area (Å²) in [5.41, 5.74) is 0.00765. The van der Waals surface area contributed by atoms with Gasteiger partial charge in [0.15, 0.2) is 0 Å². The molecule has 1 aromatic carbocycles. The number of benzene rings is 1. The molecule has 0 spiro atoms. The summed E-state index contributed by atoms with van der Waals surface area (Å²) >= 11 is 1.00. The molecule has 2 heterocycles. The molecule has 1 atom stereocenters. The van der Waals surface area contributed by atoms with Crippen molar-refractivity contribution in [2.75, 3.05) is 44.2 Å². The van der Waals surface area contributed by atoms with Gasteiger partial charge in [0, 0.05) is 54.5 Å². The van der Waals surface area contributed by atoms with Crippen molar-refractivity contribution in [1.29, 1.82) is 0 Å². The van der Waals surface area contributed by atoms with Crippen LogP contribution in [0.1, 0.15) is 35.2 Å². The molecule has 34 heavy (non-hydrogen) atoms. The summed E-state index contributed by atoms with van der Waals surface area (Å²) in [5.74, 6) is -0.392. The smallest absolute Gasteiger partial charge is 0.365 e. The Morgan fingerprint density at radius 2 is 1.79 bits per heavy atom. The van der Waals surface area contributed by atoms with Crippen LogP contribution in [0.5, 0.6) is 0 Å². The van der Waals surface area contributed by atoms with Crippen LogP contribution in [0.15, 0.2) is 24.3 Å². The van der Waals surface area contributed by atoms with Crippen LogP contribution < -0.4 is 20.0 Å². The van der Waals surface area contributed by atoms with Gasteiger partial charge in [-0.1, -0.05) is 6.08 Å². The Hall–Kier alpha value is -2.46. The molecular formula is C24H26F5N3OS. The average molecular weight is 500 g/mol. The van der Waals surface area contributed by atoms with Gasteiger partial charge in [-0.2, -0.15) is 17.6 Å². The van der Waals surface area contributed by atoms with Crippen molar-refractivity contribution in [3.05, 3.63) is 50.3 Å². The van der Waals surface area contributed by atoms with Crippen LogP contribution in [-0.4, -0.2) is 56.2 Å². The normalized spacial score (nSPS) is 18.7. The second-order valence-corrected chi connectivity index (χ2v) is 9.49. The number of fused-ring (bicyclic) bond motifs is 1. The molecule has 1 unspecified atom stereocenters. The summed E-state index contributed by atoms with van der Waals surface area (Å²) in [6.07, 6.45) is -0.293. The summed E-state index contributed by atoms with van der Waals surface area (Å²) in [7, 11) is 0. The van der Waals surface area contributed by atoms with E-state index in [9.17, 15) is 26.7 Å². The molecule has 2 aromatic rings. The van der Waals surface area contributed by atoms with Crippen LogP contribution >= 0.6 is 11.3 Å². The Balaban J connectivity index is 1.17. The summed E-state index contributed by atoms with van der Waals surface area (Å²) in [4.78, 5) is 16.4. The number of nitrogens with zero attached hydrogens (tertiary/aromatic N) is 2. The fourth-order valence-corrected chi connectivity index (χ4v) is 5.31. The number of thiophene rings is 1. The lowest BCUT2D eigenvalue weighted by Crippen LogP contribution is -2.48. The number of alkyl halides is 4. The number of halogens is 5. The fourth-order valence-electron chi connectivity index (χ4n) is 4.27. The predicted molar refractivity (Wildman–Crippen MR) is 124 cm³/mol. The first-order chi connectivity index (χ1) is 16.2. The van der Waals surface area contributed by atoms with Gasteiger partial charge >= 0.3 is 6.18 Å². The minimum absolute atomic E-state index is 0.198. The second kappa shape index (κ2) is 10.4. The Labute approximate surface area is 198 Å². The molecule has 1 fully saturated rings. The van der Waals surface area contributed by atoms with Crippen molar-refractivity contribution in [2.45, 2.75) is 31.6 Å². The second-order valence-electron chi connectivity index (χ2n) is 8.49. The summed E-state index contributed by atoms with van der Waals surface area (Å²) in [6.45, 7) is 4.25. The van der Waals surface area contributed by atoms with Crippen molar-refractivity contribution < 1.29 is 26.7 Å². The van der Waals surface area contributed by atoms with Gasteiger partial charge in [0.05, 0.1) is 11.3 Å². The van der Waals surface area contributed by atoms with Crippen LogP contribution in [0.25, 0.3) is 12.2 Å². The quantitative estimate of drug-likeness (QED) is 0.468. The molecule has 1 aliphatic carbocycles. The Morgan fingerprint density at radius 1 is 1.09 bits per heavy atom. The maximum Gasteiger partial charge on any atom is 0.416 e. The molecule has 4 nitrogen and oxygen atoms in total. The van der Waals surface area contributed by atoms with Gasteiger partial charge in [-0.25, -0.2) is 4.39 Å². The molecule has 184 valence electrons. The number of carbonyl (C=O) groups is 1. The van der Waals surface area contributed by atoms with Gasteiger partial charge in [0.25, 0.3) is 5.91 Å². The SMILES string of the molecule is O=C(NCCCCN1CCN(c2c(F)sc3c2=CCC(F)C=3)CC1)c1ccc(C(F)(F)F)cc1. The van der Waals surface area contributed by atoms with Crippen LogP contribution in [0, 0.1) is 5.13 Å². The molecule has 1 saturated heterocycles. The number of rotatable bonds is 7. The van der Waals surface area contributed by atoms with Crippen LogP contribution in [0.4, 0.5) is 27.6 Å². The number of nitrogens with one attached hydrogen (secondary N) is 1. The van der Waals surface area contributed by atoms with Gasteiger partial charge in [-0.15, -0.1) is 11.3 Å². The van der Waals surface area contributed by atoms with Crippen LogP contribution in [0.2, 0.25) is 0 Å². The maximum absolute atomic E-state index is 14.5. The lowest BCUT2D eigenvalue weighted by atomic mass is 10.1.